The van der Waals surface area contributed by atoms with E-state index in [1.165, 1.54) is 24.3 Å². The smallest absolute Gasteiger partial charge is 0.123 e. The van der Waals surface area contributed by atoms with E-state index in [4.69, 9.17) is 10.5 Å². The summed E-state index contributed by atoms with van der Waals surface area (Å²) in [5.41, 5.74) is 7.64. The fourth-order valence-electron chi connectivity index (χ4n) is 2.06. The first kappa shape index (κ1) is 16.6. The van der Waals surface area contributed by atoms with Gasteiger partial charge in [-0.2, -0.15) is 0 Å². The standard InChI is InChI=1S/C18H21F2NO/c1-12(2)17(21)11-22-18(13-3-7-15(19)8-4-13)14-5-9-16(20)10-6-14/h3-10,12,17-18H,11,21H2,1-2H3. The van der Waals surface area contributed by atoms with E-state index in [1.807, 2.05) is 13.8 Å². The lowest BCUT2D eigenvalue weighted by Crippen LogP contribution is -2.32. The molecule has 0 heterocycles. The van der Waals surface area contributed by atoms with Crippen LogP contribution < -0.4 is 5.73 Å². The monoisotopic (exact) mass is 305 g/mol. The molecular weight excluding hydrogens is 284 g/mol. The molecule has 0 amide bonds. The SMILES string of the molecule is CC(C)C(N)COC(c1ccc(F)cc1)c1ccc(F)cc1. The molecule has 2 aromatic rings. The molecule has 2 rings (SSSR count). The third-order valence-corrected chi connectivity index (χ3v) is 3.66. The molecule has 0 aliphatic carbocycles. The Bertz CT molecular complexity index is 536. The lowest BCUT2D eigenvalue weighted by molar-refractivity contribution is 0.0612. The molecule has 2 aromatic carbocycles. The molecular formula is C18H21F2NO. The van der Waals surface area contributed by atoms with Crippen LogP contribution in [0.5, 0.6) is 0 Å². The highest BCUT2D eigenvalue weighted by Gasteiger charge is 2.18. The molecule has 0 fully saturated rings. The predicted octanol–water partition coefficient (Wildman–Crippen LogP) is 4.05. The van der Waals surface area contributed by atoms with Crippen molar-refractivity contribution in [2.75, 3.05) is 6.61 Å². The quantitative estimate of drug-likeness (QED) is 0.873. The molecule has 0 aromatic heterocycles. The summed E-state index contributed by atoms with van der Waals surface area (Å²) in [6, 6.07) is 12.1. The number of nitrogens with two attached hydrogens (primary N) is 1. The van der Waals surface area contributed by atoms with Crippen LogP contribution in [0.1, 0.15) is 31.1 Å². The zero-order valence-electron chi connectivity index (χ0n) is 12.8. The minimum Gasteiger partial charge on any atom is -0.367 e. The maximum atomic E-state index is 13.1. The van der Waals surface area contributed by atoms with Gasteiger partial charge in [0.2, 0.25) is 0 Å². The number of hydrogen-bond donors (Lipinski definition) is 1. The Labute approximate surface area is 129 Å². The van der Waals surface area contributed by atoms with Gasteiger partial charge in [0, 0.05) is 6.04 Å². The lowest BCUT2D eigenvalue weighted by atomic mass is 10.0. The summed E-state index contributed by atoms with van der Waals surface area (Å²) in [5, 5.41) is 0. The summed E-state index contributed by atoms with van der Waals surface area (Å²) < 4.78 is 32.2. The van der Waals surface area contributed by atoms with Crippen LogP contribution in [0.15, 0.2) is 48.5 Å². The maximum absolute atomic E-state index is 13.1. The molecule has 118 valence electrons. The van der Waals surface area contributed by atoms with Crippen molar-refractivity contribution >= 4 is 0 Å². The molecule has 2 nitrogen and oxygen atoms in total. The Morgan fingerprint density at radius 2 is 1.27 bits per heavy atom. The van der Waals surface area contributed by atoms with Gasteiger partial charge in [-0.15, -0.1) is 0 Å². The Hall–Kier alpha value is -1.78. The molecule has 0 aliphatic heterocycles. The number of halogens is 2. The number of hydrogen-bond acceptors (Lipinski definition) is 2. The first-order valence-corrected chi connectivity index (χ1v) is 7.35. The number of ether oxygens (including phenoxy) is 1. The van der Waals surface area contributed by atoms with Gasteiger partial charge in [-0.1, -0.05) is 38.1 Å². The zero-order chi connectivity index (χ0) is 16.1. The van der Waals surface area contributed by atoms with Crippen LogP contribution >= 0.6 is 0 Å². The van der Waals surface area contributed by atoms with Crippen LogP contribution in [-0.2, 0) is 4.74 Å². The second-order valence-corrected chi connectivity index (χ2v) is 5.72. The highest BCUT2D eigenvalue weighted by Crippen LogP contribution is 2.27. The summed E-state index contributed by atoms with van der Waals surface area (Å²) in [4.78, 5) is 0. The van der Waals surface area contributed by atoms with E-state index >= 15 is 0 Å². The Morgan fingerprint density at radius 1 is 0.864 bits per heavy atom. The first-order valence-electron chi connectivity index (χ1n) is 7.35. The van der Waals surface area contributed by atoms with Crippen molar-refractivity contribution in [3.63, 3.8) is 0 Å². The molecule has 2 N–H and O–H groups in total. The van der Waals surface area contributed by atoms with Crippen molar-refractivity contribution in [2.45, 2.75) is 26.0 Å². The normalized spacial score (nSPS) is 12.9. The molecule has 0 saturated carbocycles. The van der Waals surface area contributed by atoms with Crippen molar-refractivity contribution < 1.29 is 13.5 Å². The average molecular weight is 305 g/mol. The van der Waals surface area contributed by atoms with E-state index in [1.54, 1.807) is 24.3 Å². The van der Waals surface area contributed by atoms with E-state index in [9.17, 15) is 8.78 Å². The van der Waals surface area contributed by atoms with Crippen LogP contribution in [0, 0.1) is 17.6 Å². The van der Waals surface area contributed by atoms with Gasteiger partial charge in [-0.25, -0.2) is 8.78 Å². The molecule has 0 saturated heterocycles. The zero-order valence-corrected chi connectivity index (χ0v) is 12.8. The minimum atomic E-state index is -0.397. The van der Waals surface area contributed by atoms with Crippen LogP contribution in [0.2, 0.25) is 0 Å². The van der Waals surface area contributed by atoms with Gasteiger partial charge in [-0.3, -0.25) is 0 Å². The van der Waals surface area contributed by atoms with E-state index < -0.39 is 6.10 Å². The Balaban J connectivity index is 2.24. The largest absolute Gasteiger partial charge is 0.367 e. The van der Waals surface area contributed by atoms with Crippen molar-refractivity contribution in [3.8, 4) is 0 Å². The minimum absolute atomic E-state index is 0.0941. The molecule has 0 radical (unpaired) electrons. The van der Waals surface area contributed by atoms with Crippen LogP contribution in [0.3, 0.4) is 0 Å². The highest BCUT2D eigenvalue weighted by molar-refractivity contribution is 5.30. The summed E-state index contributed by atoms with van der Waals surface area (Å²) in [7, 11) is 0. The van der Waals surface area contributed by atoms with Crippen molar-refractivity contribution in [1.29, 1.82) is 0 Å². The molecule has 0 aliphatic rings. The molecule has 22 heavy (non-hydrogen) atoms. The Kier molecular flexibility index (Phi) is 5.63. The Morgan fingerprint density at radius 3 is 1.64 bits per heavy atom. The highest BCUT2D eigenvalue weighted by atomic mass is 19.1. The van der Waals surface area contributed by atoms with Crippen LogP contribution in [0.4, 0.5) is 8.78 Å². The van der Waals surface area contributed by atoms with Crippen LogP contribution in [0.25, 0.3) is 0 Å². The molecule has 0 bridgehead atoms. The summed E-state index contributed by atoms with van der Waals surface area (Å²) in [6.45, 7) is 4.43. The van der Waals surface area contributed by atoms with E-state index in [2.05, 4.69) is 0 Å². The molecule has 1 unspecified atom stereocenters. The van der Waals surface area contributed by atoms with Crippen LogP contribution in [-0.4, -0.2) is 12.6 Å². The number of benzene rings is 2. The third-order valence-electron chi connectivity index (χ3n) is 3.66. The molecule has 1 atom stereocenters. The van der Waals surface area contributed by atoms with Gasteiger partial charge in [0.1, 0.15) is 17.7 Å². The van der Waals surface area contributed by atoms with Gasteiger partial charge in [0.25, 0.3) is 0 Å². The fourth-order valence-corrected chi connectivity index (χ4v) is 2.06. The topological polar surface area (TPSA) is 35.2 Å². The lowest BCUT2D eigenvalue weighted by Gasteiger charge is -2.23. The molecule has 4 heteroatoms. The second-order valence-electron chi connectivity index (χ2n) is 5.72. The van der Waals surface area contributed by atoms with Crippen molar-refractivity contribution in [3.05, 3.63) is 71.3 Å². The van der Waals surface area contributed by atoms with Gasteiger partial charge < -0.3 is 10.5 Å². The summed E-state index contributed by atoms with van der Waals surface area (Å²) in [6.07, 6.45) is -0.397. The van der Waals surface area contributed by atoms with Gasteiger partial charge in [0.05, 0.1) is 6.61 Å². The van der Waals surface area contributed by atoms with Gasteiger partial charge in [-0.05, 0) is 41.3 Å². The summed E-state index contributed by atoms with van der Waals surface area (Å²) >= 11 is 0. The fraction of sp³-hybridized carbons (Fsp3) is 0.333. The van der Waals surface area contributed by atoms with Gasteiger partial charge >= 0.3 is 0 Å². The summed E-state index contributed by atoms with van der Waals surface area (Å²) in [5.74, 6) is -0.317. The third kappa shape index (κ3) is 4.36. The van der Waals surface area contributed by atoms with Crippen molar-refractivity contribution in [1.82, 2.24) is 0 Å². The number of rotatable bonds is 6. The maximum Gasteiger partial charge on any atom is 0.123 e. The second kappa shape index (κ2) is 7.47. The molecule has 0 spiro atoms. The average Bonchev–Trinajstić information content (AvgIpc) is 2.50. The first-order chi connectivity index (χ1) is 10.5. The van der Waals surface area contributed by atoms with E-state index in [-0.39, 0.29) is 17.7 Å². The van der Waals surface area contributed by atoms with E-state index in [0.717, 1.165) is 11.1 Å². The van der Waals surface area contributed by atoms with E-state index in [0.29, 0.717) is 12.5 Å². The van der Waals surface area contributed by atoms with Crippen molar-refractivity contribution in [2.24, 2.45) is 11.7 Å². The van der Waals surface area contributed by atoms with Gasteiger partial charge in [0.15, 0.2) is 0 Å². The predicted molar refractivity (Wildman–Crippen MR) is 83.4 cm³/mol.